The fourth-order valence-electron chi connectivity index (χ4n) is 0.265. The number of ether oxygens (including phenoxy) is 1. The Morgan fingerprint density at radius 1 is 1.67 bits per heavy atom. The van der Waals surface area contributed by atoms with E-state index in [4.69, 9.17) is 0 Å². The standard InChI is InChI=1S/C6H8O3/c1-2-6(8)3-4-9-5-7/h3-5H,2H2,1H3. The Morgan fingerprint density at radius 2 is 2.33 bits per heavy atom. The number of carbonyl (C=O) groups excluding carboxylic acids is 2. The summed E-state index contributed by atoms with van der Waals surface area (Å²) in [6, 6.07) is 0. The van der Waals surface area contributed by atoms with Gasteiger partial charge in [0, 0.05) is 12.5 Å². The summed E-state index contributed by atoms with van der Waals surface area (Å²) in [4.78, 5) is 19.9. The van der Waals surface area contributed by atoms with Gasteiger partial charge in [-0.05, 0) is 0 Å². The van der Waals surface area contributed by atoms with Crippen molar-refractivity contribution in [3.63, 3.8) is 0 Å². The SMILES string of the molecule is CCC(=O)C=COC=O. The van der Waals surface area contributed by atoms with Gasteiger partial charge in [-0.3, -0.25) is 9.59 Å². The summed E-state index contributed by atoms with van der Waals surface area (Å²) in [6.07, 6.45) is 2.71. The summed E-state index contributed by atoms with van der Waals surface area (Å²) in [5.74, 6) is -0.0585. The molecule has 0 spiro atoms. The van der Waals surface area contributed by atoms with Crippen LogP contribution >= 0.6 is 0 Å². The summed E-state index contributed by atoms with van der Waals surface area (Å²) < 4.78 is 4.12. The third-order valence-electron chi connectivity index (χ3n) is 0.737. The first-order valence-electron chi connectivity index (χ1n) is 2.59. The highest BCUT2D eigenvalue weighted by atomic mass is 16.5. The number of hydrogen-bond donors (Lipinski definition) is 0. The van der Waals surface area contributed by atoms with Crippen LogP contribution in [0.1, 0.15) is 13.3 Å². The van der Waals surface area contributed by atoms with E-state index in [-0.39, 0.29) is 12.3 Å². The second-order valence-corrected chi connectivity index (χ2v) is 1.35. The summed E-state index contributed by atoms with van der Waals surface area (Å²) in [6.45, 7) is 1.99. The van der Waals surface area contributed by atoms with Crippen LogP contribution < -0.4 is 0 Å². The largest absolute Gasteiger partial charge is 0.437 e. The predicted molar refractivity (Wildman–Crippen MR) is 31.6 cm³/mol. The highest BCUT2D eigenvalue weighted by Crippen LogP contribution is 1.82. The molecule has 0 atom stereocenters. The molecule has 0 heterocycles. The molecule has 0 rings (SSSR count). The third kappa shape index (κ3) is 4.74. The molecular formula is C6H8O3. The van der Waals surface area contributed by atoms with Gasteiger partial charge in [0.05, 0.1) is 6.26 Å². The molecule has 0 amide bonds. The van der Waals surface area contributed by atoms with E-state index in [0.29, 0.717) is 6.42 Å². The zero-order valence-corrected chi connectivity index (χ0v) is 5.16. The van der Waals surface area contributed by atoms with E-state index in [1.54, 1.807) is 6.92 Å². The van der Waals surface area contributed by atoms with Crippen molar-refractivity contribution in [2.75, 3.05) is 0 Å². The molecule has 0 aromatic heterocycles. The van der Waals surface area contributed by atoms with E-state index in [2.05, 4.69) is 4.74 Å². The monoisotopic (exact) mass is 128 g/mol. The number of allylic oxidation sites excluding steroid dienone is 1. The van der Waals surface area contributed by atoms with Crippen LogP contribution in [0.15, 0.2) is 12.3 Å². The molecule has 50 valence electrons. The number of rotatable bonds is 4. The number of carbonyl (C=O) groups is 2. The summed E-state index contributed by atoms with van der Waals surface area (Å²) in [5.41, 5.74) is 0. The molecule has 0 aromatic rings. The van der Waals surface area contributed by atoms with Gasteiger partial charge in [0.2, 0.25) is 0 Å². The highest BCUT2D eigenvalue weighted by Gasteiger charge is 1.86. The van der Waals surface area contributed by atoms with Gasteiger partial charge in [0.25, 0.3) is 6.47 Å². The van der Waals surface area contributed by atoms with Crippen molar-refractivity contribution in [1.82, 2.24) is 0 Å². The van der Waals surface area contributed by atoms with Crippen LogP contribution in [0.2, 0.25) is 0 Å². The highest BCUT2D eigenvalue weighted by molar-refractivity contribution is 5.89. The lowest BCUT2D eigenvalue weighted by atomic mass is 10.3. The molecule has 0 fully saturated rings. The van der Waals surface area contributed by atoms with Gasteiger partial charge in [-0.1, -0.05) is 6.92 Å². The van der Waals surface area contributed by atoms with Crippen LogP contribution in [0.4, 0.5) is 0 Å². The van der Waals surface area contributed by atoms with Gasteiger partial charge in [-0.2, -0.15) is 0 Å². The molecule has 0 unspecified atom stereocenters. The van der Waals surface area contributed by atoms with Crippen LogP contribution in [0.25, 0.3) is 0 Å². The van der Waals surface area contributed by atoms with E-state index < -0.39 is 0 Å². The van der Waals surface area contributed by atoms with Crippen LogP contribution in [0.3, 0.4) is 0 Å². The van der Waals surface area contributed by atoms with Gasteiger partial charge in [0.15, 0.2) is 5.78 Å². The van der Waals surface area contributed by atoms with E-state index >= 15 is 0 Å². The second kappa shape index (κ2) is 5.03. The van der Waals surface area contributed by atoms with Crippen LogP contribution in [-0.4, -0.2) is 12.3 Å². The summed E-state index contributed by atoms with van der Waals surface area (Å²) in [7, 11) is 0. The van der Waals surface area contributed by atoms with Crippen molar-refractivity contribution in [3.05, 3.63) is 12.3 Å². The lowest BCUT2D eigenvalue weighted by molar-refractivity contribution is -0.123. The minimum Gasteiger partial charge on any atom is -0.437 e. The normalized spacial score (nSPS) is 9.44. The Kier molecular flexibility index (Phi) is 4.40. The molecule has 0 saturated heterocycles. The minimum atomic E-state index is -0.0585. The first kappa shape index (κ1) is 7.88. The first-order chi connectivity index (χ1) is 4.31. The van der Waals surface area contributed by atoms with Crippen molar-refractivity contribution < 1.29 is 14.3 Å². The quantitative estimate of drug-likeness (QED) is 0.317. The van der Waals surface area contributed by atoms with Crippen molar-refractivity contribution >= 4 is 12.3 Å². The molecule has 0 aromatic carbocycles. The maximum Gasteiger partial charge on any atom is 0.297 e. The molecule has 9 heavy (non-hydrogen) atoms. The fraction of sp³-hybridized carbons (Fsp3) is 0.333. The average molecular weight is 128 g/mol. The third-order valence-corrected chi connectivity index (χ3v) is 0.737. The molecule has 0 N–H and O–H groups in total. The number of hydrogen-bond acceptors (Lipinski definition) is 3. The van der Waals surface area contributed by atoms with Gasteiger partial charge < -0.3 is 4.74 Å². The van der Waals surface area contributed by atoms with Gasteiger partial charge in [0.1, 0.15) is 0 Å². The van der Waals surface area contributed by atoms with Crippen LogP contribution in [0, 0.1) is 0 Å². The Hall–Kier alpha value is -1.12. The Morgan fingerprint density at radius 3 is 2.78 bits per heavy atom. The van der Waals surface area contributed by atoms with Gasteiger partial charge in [-0.15, -0.1) is 0 Å². The topological polar surface area (TPSA) is 43.4 Å². The van der Waals surface area contributed by atoms with Crippen molar-refractivity contribution in [1.29, 1.82) is 0 Å². The van der Waals surface area contributed by atoms with Crippen LogP contribution in [-0.2, 0) is 14.3 Å². The molecule has 0 aliphatic heterocycles. The summed E-state index contributed by atoms with van der Waals surface area (Å²) >= 11 is 0. The van der Waals surface area contributed by atoms with Gasteiger partial charge >= 0.3 is 0 Å². The molecule has 0 bridgehead atoms. The molecular weight excluding hydrogens is 120 g/mol. The molecule has 0 radical (unpaired) electrons. The smallest absolute Gasteiger partial charge is 0.297 e. The maximum absolute atomic E-state index is 10.4. The molecule has 0 aliphatic carbocycles. The van der Waals surface area contributed by atoms with E-state index in [0.717, 1.165) is 6.26 Å². The van der Waals surface area contributed by atoms with Gasteiger partial charge in [-0.25, -0.2) is 0 Å². The Labute approximate surface area is 53.3 Å². The Bertz CT molecular complexity index is 126. The molecule has 3 nitrogen and oxygen atoms in total. The van der Waals surface area contributed by atoms with E-state index in [9.17, 15) is 9.59 Å². The maximum atomic E-state index is 10.4. The minimum absolute atomic E-state index is 0.0585. The van der Waals surface area contributed by atoms with E-state index in [1.807, 2.05) is 0 Å². The summed E-state index contributed by atoms with van der Waals surface area (Å²) in [5, 5.41) is 0. The van der Waals surface area contributed by atoms with E-state index in [1.165, 1.54) is 6.08 Å². The number of ketones is 1. The fourth-order valence-corrected chi connectivity index (χ4v) is 0.265. The average Bonchev–Trinajstić information content (AvgIpc) is 1.89. The first-order valence-corrected chi connectivity index (χ1v) is 2.59. The zero-order chi connectivity index (χ0) is 7.11. The molecule has 3 heteroatoms. The van der Waals surface area contributed by atoms with Crippen molar-refractivity contribution in [2.24, 2.45) is 0 Å². The Balaban J connectivity index is 3.43. The predicted octanol–water partition coefficient (Wildman–Crippen LogP) is 0.652. The molecule has 0 saturated carbocycles. The van der Waals surface area contributed by atoms with Crippen LogP contribution in [0.5, 0.6) is 0 Å². The lowest BCUT2D eigenvalue weighted by Gasteiger charge is -1.82. The lowest BCUT2D eigenvalue weighted by Crippen LogP contribution is -1.87. The molecule has 0 aliphatic rings. The second-order valence-electron chi connectivity index (χ2n) is 1.35. The van der Waals surface area contributed by atoms with Crippen molar-refractivity contribution in [2.45, 2.75) is 13.3 Å². The van der Waals surface area contributed by atoms with Crippen molar-refractivity contribution in [3.8, 4) is 0 Å². The zero-order valence-electron chi connectivity index (χ0n) is 5.16.